The number of hydrogen-bond donors (Lipinski definition) is 1. The highest BCUT2D eigenvalue weighted by atomic mass is 16.5. The molecule has 1 atom stereocenters. The minimum atomic E-state index is -0.558. The summed E-state index contributed by atoms with van der Waals surface area (Å²) in [6, 6.07) is 13.3. The molecule has 0 bridgehead atoms. The summed E-state index contributed by atoms with van der Waals surface area (Å²) in [5.74, 6) is -1.04. The third-order valence-corrected chi connectivity index (χ3v) is 5.01. The average molecular weight is 395 g/mol. The van der Waals surface area contributed by atoms with Crippen molar-refractivity contribution in [2.75, 3.05) is 6.61 Å². The number of benzene rings is 2. The molecule has 1 amide bonds. The molecule has 5 nitrogen and oxygen atoms in total. The van der Waals surface area contributed by atoms with Gasteiger partial charge in [-0.2, -0.15) is 0 Å². The van der Waals surface area contributed by atoms with Crippen LogP contribution in [0.2, 0.25) is 0 Å². The summed E-state index contributed by atoms with van der Waals surface area (Å²) >= 11 is 0. The van der Waals surface area contributed by atoms with E-state index in [1.165, 1.54) is 5.56 Å². The number of ketones is 1. The quantitative estimate of drug-likeness (QED) is 0.509. The van der Waals surface area contributed by atoms with Crippen LogP contribution in [-0.2, 0) is 20.7 Å². The van der Waals surface area contributed by atoms with Gasteiger partial charge in [0.15, 0.2) is 12.4 Å². The molecule has 0 aliphatic carbocycles. The van der Waals surface area contributed by atoms with Crippen molar-refractivity contribution in [1.82, 2.24) is 5.32 Å². The van der Waals surface area contributed by atoms with Crippen molar-refractivity contribution in [3.63, 3.8) is 0 Å². The summed E-state index contributed by atoms with van der Waals surface area (Å²) in [5, 5.41) is 2.81. The fourth-order valence-electron chi connectivity index (χ4n) is 2.90. The second-order valence-electron chi connectivity index (χ2n) is 7.27. The summed E-state index contributed by atoms with van der Waals surface area (Å²) in [5.41, 5.74) is 4.95. The Labute approximate surface area is 172 Å². The molecule has 0 fully saturated rings. The summed E-state index contributed by atoms with van der Waals surface area (Å²) in [4.78, 5) is 36.1. The fraction of sp³-hybridized carbons (Fsp3) is 0.375. The van der Waals surface area contributed by atoms with Gasteiger partial charge in [-0.1, -0.05) is 43.3 Å². The largest absolute Gasteiger partial charge is 0.456 e. The number of carbonyl (C=O) groups excluding carboxylic acids is 3. The van der Waals surface area contributed by atoms with Gasteiger partial charge >= 0.3 is 5.97 Å². The molecular formula is C24H29NO4. The van der Waals surface area contributed by atoms with Gasteiger partial charge in [0.25, 0.3) is 5.91 Å². The number of esters is 1. The molecule has 154 valence electrons. The first kappa shape index (κ1) is 22.3. The fourth-order valence-corrected chi connectivity index (χ4v) is 2.90. The molecule has 5 heteroatoms. The van der Waals surface area contributed by atoms with E-state index in [0.717, 1.165) is 23.1 Å². The minimum absolute atomic E-state index is 0.0485. The monoisotopic (exact) mass is 395 g/mol. The third-order valence-electron chi connectivity index (χ3n) is 5.01. The molecule has 2 aromatic rings. The summed E-state index contributed by atoms with van der Waals surface area (Å²) in [6.45, 7) is 7.53. The highest BCUT2D eigenvalue weighted by molar-refractivity contribution is 5.97. The highest BCUT2D eigenvalue weighted by Crippen LogP contribution is 2.14. The van der Waals surface area contributed by atoms with Crippen LogP contribution >= 0.6 is 0 Å². The molecule has 2 rings (SSSR count). The van der Waals surface area contributed by atoms with E-state index in [0.29, 0.717) is 5.56 Å². The molecule has 0 heterocycles. The Hall–Kier alpha value is -2.95. The standard InChI is InChI=1S/C24H29NO4/c1-5-19-7-10-20(11-8-19)18(4)25-23(27)15-29-24(28)13-12-22(26)21-9-6-16(2)17(3)14-21/h6-11,14,18H,5,12-13,15H2,1-4H3,(H,25,27). The lowest BCUT2D eigenvalue weighted by Crippen LogP contribution is -2.31. The van der Waals surface area contributed by atoms with Gasteiger partial charge in [0, 0.05) is 12.0 Å². The first-order valence-corrected chi connectivity index (χ1v) is 9.94. The molecule has 1 unspecified atom stereocenters. The van der Waals surface area contributed by atoms with Crippen molar-refractivity contribution < 1.29 is 19.1 Å². The van der Waals surface area contributed by atoms with Gasteiger partial charge in [0.2, 0.25) is 0 Å². The number of nitrogens with one attached hydrogen (secondary N) is 1. The first-order chi connectivity index (χ1) is 13.8. The number of Topliss-reactive ketones (excluding diaryl/α,β-unsaturated/α-hetero) is 1. The number of ether oxygens (including phenoxy) is 1. The van der Waals surface area contributed by atoms with Crippen molar-refractivity contribution in [1.29, 1.82) is 0 Å². The molecule has 2 aromatic carbocycles. The van der Waals surface area contributed by atoms with Crippen LogP contribution < -0.4 is 5.32 Å². The molecule has 0 saturated heterocycles. The highest BCUT2D eigenvalue weighted by Gasteiger charge is 2.14. The Balaban J connectivity index is 1.74. The lowest BCUT2D eigenvalue weighted by atomic mass is 10.0. The SMILES string of the molecule is CCc1ccc(C(C)NC(=O)COC(=O)CCC(=O)c2ccc(C)c(C)c2)cc1. The van der Waals surface area contributed by atoms with Crippen LogP contribution in [0.5, 0.6) is 0 Å². The zero-order chi connectivity index (χ0) is 21.4. The van der Waals surface area contributed by atoms with Gasteiger partial charge in [0.05, 0.1) is 12.5 Å². The Bertz CT molecular complexity index is 871. The molecule has 0 aromatic heterocycles. The van der Waals surface area contributed by atoms with E-state index in [2.05, 4.69) is 12.2 Å². The maximum Gasteiger partial charge on any atom is 0.306 e. The van der Waals surface area contributed by atoms with E-state index >= 15 is 0 Å². The van der Waals surface area contributed by atoms with Gasteiger partial charge in [0.1, 0.15) is 0 Å². The molecule has 0 aliphatic rings. The molecule has 0 radical (unpaired) electrons. The van der Waals surface area contributed by atoms with Crippen LogP contribution in [0.4, 0.5) is 0 Å². The Kier molecular flexibility index (Phi) is 8.13. The molecule has 1 N–H and O–H groups in total. The van der Waals surface area contributed by atoms with Gasteiger partial charge in [-0.15, -0.1) is 0 Å². The second-order valence-corrected chi connectivity index (χ2v) is 7.27. The molecule has 0 saturated carbocycles. The number of carbonyl (C=O) groups is 3. The minimum Gasteiger partial charge on any atom is -0.456 e. The molecule has 0 spiro atoms. The zero-order valence-electron chi connectivity index (χ0n) is 17.6. The Morgan fingerprint density at radius 3 is 2.28 bits per heavy atom. The maximum absolute atomic E-state index is 12.2. The zero-order valence-corrected chi connectivity index (χ0v) is 17.6. The number of hydrogen-bond acceptors (Lipinski definition) is 4. The van der Waals surface area contributed by atoms with Crippen molar-refractivity contribution >= 4 is 17.7 Å². The normalized spacial score (nSPS) is 11.6. The van der Waals surface area contributed by atoms with Crippen LogP contribution in [0, 0.1) is 13.8 Å². The molecular weight excluding hydrogens is 366 g/mol. The molecule has 29 heavy (non-hydrogen) atoms. The van der Waals surface area contributed by atoms with Gasteiger partial charge in [-0.25, -0.2) is 0 Å². The van der Waals surface area contributed by atoms with Crippen LogP contribution in [0.15, 0.2) is 42.5 Å². The van der Waals surface area contributed by atoms with E-state index in [9.17, 15) is 14.4 Å². The van der Waals surface area contributed by atoms with E-state index < -0.39 is 5.97 Å². The van der Waals surface area contributed by atoms with E-state index in [1.54, 1.807) is 6.07 Å². The Morgan fingerprint density at radius 2 is 1.66 bits per heavy atom. The summed E-state index contributed by atoms with van der Waals surface area (Å²) in [7, 11) is 0. The van der Waals surface area contributed by atoms with Crippen LogP contribution in [-0.4, -0.2) is 24.3 Å². The van der Waals surface area contributed by atoms with Gasteiger partial charge in [-0.3, -0.25) is 14.4 Å². The topological polar surface area (TPSA) is 72.5 Å². The van der Waals surface area contributed by atoms with Crippen molar-refractivity contribution in [3.05, 3.63) is 70.3 Å². The summed E-state index contributed by atoms with van der Waals surface area (Å²) < 4.78 is 5.00. The number of aryl methyl sites for hydroxylation is 3. The van der Waals surface area contributed by atoms with Crippen LogP contribution in [0.1, 0.15) is 65.3 Å². The summed E-state index contributed by atoms with van der Waals surface area (Å²) in [6.07, 6.45) is 0.971. The Morgan fingerprint density at radius 1 is 0.966 bits per heavy atom. The second kappa shape index (κ2) is 10.6. The van der Waals surface area contributed by atoms with Gasteiger partial charge in [-0.05, 0) is 55.5 Å². The average Bonchev–Trinajstić information content (AvgIpc) is 2.72. The van der Waals surface area contributed by atoms with Crippen LogP contribution in [0.3, 0.4) is 0 Å². The molecule has 0 aliphatic heterocycles. The number of rotatable bonds is 9. The first-order valence-electron chi connectivity index (χ1n) is 9.94. The predicted molar refractivity (Wildman–Crippen MR) is 113 cm³/mol. The lowest BCUT2D eigenvalue weighted by Gasteiger charge is -2.15. The van der Waals surface area contributed by atoms with Crippen molar-refractivity contribution in [3.8, 4) is 0 Å². The van der Waals surface area contributed by atoms with E-state index in [-0.39, 0.29) is 37.2 Å². The number of amides is 1. The van der Waals surface area contributed by atoms with Crippen LogP contribution in [0.25, 0.3) is 0 Å². The van der Waals surface area contributed by atoms with Crippen molar-refractivity contribution in [2.45, 2.75) is 53.0 Å². The smallest absolute Gasteiger partial charge is 0.306 e. The maximum atomic E-state index is 12.2. The van der Waals surface area contributed by atoms with E-state index in [4.69, 9.17) is 4.74 Å². The van der Waals surface area contributed by atoms with E-state index in [1.807, 2.05) is 57.2 Å². The van der Waals surface area contributed by atoms with Crippen molar-refractivity contribution in [2.24, 2.45) is 0 Å². The van der Waals surface area contributed by atoms with Gasteiger partial charge < -0.3 is 10.1 Å². The predicted octanol–water partition coefficient (Wildman–Crippen LogP) is 4.25. The lowest BCUT2D eigenvalue weighted by molar-refractivity contribution is -0.148. The third kappa shape index (κ3) is 6.86.